The first-order valence-corrected chi connectivity index (χ1v) is 6.09. The Morgan fingerprint density at radius 1 is 1.07 bits per heavy atom. The Kier molecular flexibility index (Phi) is 10.5. The van der Waals surface area contributed by atoms with E-state index in [-0.39, 0.29) is 0 Å². The van der Waals surface area contributed by atoms with E-state index < -0.39 is 0 Å². The summed E-state index contributed by atoms with van der Waals surface area (Å²) in [4.78, 5) is 0. The molecule has 14 heavy (non-hydrogen) atoms. The zero-order valence-corrected chi connectivity index (χ0v) is 10.1. The van der Waals surface area contributed by atoms with Crippen LogP contribution in [0.25, 0.3) is 0 Å². The van der Waals surface area contributed by atoms with Gasteiger partial charge >= 0.3 is 0 Å². The highest BCUT2D eigenvalue weighted by Gasteiger charge is 2.03. The monoisotopic (exact) mass is 198 g/mol. The van der Waals surface area contributed by atoms with Crippen LogP contribution in [0.3, 0.4) is 0 Å². The molecule has 1 atom stereocenters. The van der Waals surface area contributed by atoms with Gasteiger partial charge in [-0.3, -0.25) is 0 Å². The lowest BCUT2D eigenvalue weighted by molar-refractivity contribution is 0.0780. The van der Waals surface area contributed by atoms with Crippen molar-refractivity contribution >= 4 is 0 Å². The molecule has 0 aliphatic rings. The van der Waals surface area contributed by atoms with Crippen molar-refractivity contribution in [3.63, 3.8) is 0 Å². The van der Waals surface area contributed by atoms with Crippen molar-refractivity contribution in [3.8, 4) is 0 Å². The van der Waals surface area contributed by atoms with Gasteiger partial charge in [-0.05, 0) is 19.8 Å². The molecule has 0 heterocycles. The van der Waals surface area contributed by atoms with Crippen LogP contribution in [-0.4, -0.2) is 12.7 Å². The van der Waals surface area contributed by atoms with Crippen LogP contribution in [0.5, 0.6) is 0 Å². The second-order valence-corrected chi connectivity index (χ2v) is 3.78. The molecule has 0 spiro atoms. The predicted octanol–water partition coefficient (Wildman–Crippen LogP) is 4.33. The standard InChI is InChI=1S/C13H26O/c1-4-7-8-9-11-13(10-5-2)14-12-6-3/h5,10,13H,4,6-9,11-12H2,1-3H3. The molecule has 0 saturated carbocycles. The van der Waals surface area contributed by atoms with Crippen LogP contribution in [0.4, 0.5) is 0 Å². The lowest BCUT2D eigenvalue weighted by atomic mass is 10.1. The Morgan fingerprint density at radius 3 is 2.43 bits per heavy atom. The fourth-order valence-corrected chi connectivity index (χ4v) is 1.49. The van der Waals surface area contributed by atoms with Gasteiger partial charge in [0.05, 0.1) is 6.10 Å². The molecule has 0 saturated heterocycles. The molecule has 0 aliphatic heterocycles. The minimum absolute atomic E-state index is 0.358. The molecule has 0 radical (unpaired) electrons. The van der Waals surface area contributed by atoms with E-state index in [2.05, 4.69) is 32.9 Å². The lowest BCUT2D eigenvalue weighted by Crippen LogP contribution is -2.10. The maximum atomic E-state index is 5.73. The molecule has 1 heteroatoms. The number of rotatable bonds is 9. The average molecular weight is 198 g/mol. The van der Waals surface area contributed by atoms with Gasteiger partial charge in [-0.1, -0.05) is 51.7 Å². The first-order chi connectivity index (χ1) is 6.85. The van der Waals surface area contributed by atoms with Crippen molar-refractivity contribution < 1.29 is 4.74 Å². The van der Waals surface area contributed by atoms with E-state index in [0.717, 1.165) is 13.0 Å². The van der Waals surface area contributed by atoms with Crippen LogP contribution in [0.1, 0.15) is 59.3 Å². The van der Waals surface area contributed by atoms with Crippen molar-refractivity contribution in [3.05, 3.63) is 12.2 Å². The number of hydrogen-bond donors (Lipinski definition) is 0. The summed E-state index contributed by atoms with van der Waals surface area (Å²) in [7, 11) is 0. The zero-order chi connectivity index (χ0) is 10.6. The zero-order valence-electron chi connectivity index (χ0n) is 10.1. The first kappa shape index (κ1) is 13.7. The summed E-state index contributed by atoms with van der Waals surface area (Å²) in [5.41, 5.74) is 0. The van der Waals surface area contributed by atoms with E-state index in [1.54, 1.807) is 0 Å². The van der Waals surface area contributed by atoms with Gasteiger partial charge in [0.15, 0.2) is 0 Å². The van der Waals surface area contributed by atoms with Gasteiger partial charge in [0.25, 0.3) is 0 Å². The van der Waals surface area contributed by atoms with Crippen molar-refractivity contribution in [2.75, 3.05) is 6.61 Å². The fourth-order valence-electron chi connectivity index (χ4n) is 1.49. The number of unbranched alkanes of at least 4 members (excludes halogenated alkanes) is 3. The van der Waals surface area contributed by atoms with Crippen LogP contribution in [0, 0.1) is 0 Å². The van der Waals surface area contributed by atoms with Crippen molar-refractivity contribution in [1.82, 2.24) is 0 Å². The van der Waals surface area contributed by atoms with Gasteiger partial charge in [0.1, 0.15) is 0 Å². The predicted molar refractivity (Wildman–Crippen MR) is 63.6 cm³/mol. The SMILES string of the molecule is CC=CC(CCCCCC)OCCC. The normalized spacial score (nSPS) is 13.6. The lowest BCUT2D eigenvalue weighted by Gasteiger charge is -2.13. The highest BCUT2D eigenvalue weighted by atomic mass is 16.5. The third kappa shape index (κ3) is 8.31. The summed E-state index contributed by atoms with van der Waals surface area (Å²) >= 11 is 0. The summed E-state index contributed by atoms with van der Waals surface area (Å²) in [6.07, 6.45) is 12.2. The summed E-state index contributed by atoms with van der Waals surface area (Å²) < 4.78 is 5.73. The maximum Gasteiger partial charge on any atom is 0.0755 e. The second-order valence-electron chi connectivity index (χ2n) is 3.78. The van der Waals surface area contributed by atoms with Crippen LogP contribution in [-0.2, 0) is 4.74 Å². The minimum Gasteiger partial charge on any atom is -0.374 e. The molecule has 0 aromatic rings. The largest absolute Gasteiger partial charge is 0.374 e. The van der Waals surface area contributed by atoms with Crippen LogP contribution >= 0.6 is 0 Å². The topological polar surface area (TPSA) is 9.23 Å². The van der Waals surface area contributed by atoms with Gasteiger partial charge in [-0.2, -0.15) is 0 Å². The fraction of sp³-hybridized carbons (Fsp3) is 0.846. The third-order valence-electron chi connectivity index (χ3n) is 2.29. The Bertz CT molecular complexity index is 129. The van der Waals surface area contributed by atoms with E-state index in [1.807, 2.05) is 0 Å². The average Bonchev–Trinajstić information content (AvgIpc) is 2.20. The Hall–Kier alpha value is -0.300. The summed E-state index contributed by atoms with van der Waals surface area (Å²) in [5.74, 6) is 0. The highest BCUT2D eigenvalue weighted by Crippen LogP contribution is 2.09. The number of ether oxygens (including phenoxy) is 1. The molecule has 1 nitrogen and oxygen atoms in total. The van der Waals surface area contributed by atoms with Crippen LogP contribution in [0.15, 0.2) is 12.2 Å². The molecule has 0 N–H and O–H groups in total. The van der Waals surface area contributed by atoms with Crippen molar-refractivity contribution in [1.29, 1.82) is 0 Å². The smallest absolute Gasteiger partial charge is 0.0755 e. The molecular weight excluding hydrogens is 172 g/mol. The first-order valence-electron chi connectivity index (χ1n) is 6.09. The molecule has 0 aromatic heterocycles. The number of hydrogen-bond acceptors (Lipinski definition) is 1. The van der Waals surface area contributed by atoms with Gasteiger partial charge in [-0.25, -0.2) is 0 Å². The molecular formula is C13H26O. The molecule has 0 rings (SSSR count). The summed E-state index contributed by atoms with van der Waals surface area (Å²) in [5, 5.41) is 0. The van der Waals surface area contributed by atoms with Crippen molar-refractivity contribution in [2.45, 2.75) is 65.4 Å². The van der Waals surface area contributed by atoms with E-state index >= 15 is 0 Å². The second kappa shape index (κ2) is 10.8. The molecule has 1 unspecified atom stereocenters. The number of allylic oxidation sites excluding steroid dienone is 1. The molecule has 0 aliphatic carbocycles. The van der Waals surface area contributed by atoms with Crippen molar-refractivity contribution in [2.24, 2.45) is 0 Å². The van der Waals surface area contributed by atoms with Crippen LogP contribution in [0.2, 0.25) is 0 Å². The van der Waals surface area contributed by atoms with E-state index in [4.69, 9.17) is 4.74 Å². The Balaban J connectivity index is 3.51. The third-order valence-corrected chi connectivity index (χ3v) is 2.29. The van der Waals surface area contributed by atoms with E-state index in [0.29, 0.717) is 6.10 Å². The quantitative estimate of drug-likeness (QED) is 0.396. The van der Waals surface area contributed by atoms with E-state index in [9.17, 15) is 0 Å². The molecule has 0 fully saturated rings. The van der Waals surface area contributed by atoms with Gasteiger partial charge in [-0.15, -0.1) is 0 Å². The summed E-state index contributed by atoms with van der Waals surface area (Å²) in [6.45, 7) is 7.36. The minimum atomic E-state index is 0.358. The van der Waals surface area contributed by atoms with Gasteiger partial charge in [0, 0.05) is 6.61 Å². The van der Waals surface area contributed by atoms with Gasteiger partial charge < -0.3 is 4.74 Å². The van der Waals surface area contributed by atoms with Gasteiger partial charge in [0.2, 0.25) is 0 Å². The summed E-state index contributed by atoms with van der Waals surface area (Å²) in [6, 6.07) is 0. The maximum absolute atomic E-state index is 5.73. The Labute approximate surface area is 89.5 Å². The van der Waals surface area contributed by atoms with Crippen LogP contribution < -0.4 is 0 Å². The molecule has 0 amide bonds. The Morgan fingerprint density at radius 2 is 1.86 bits per heavy atom. The molecule has 0 bridgehead atoms. The molecule has 0 aromatic carbocycles. The van der Waals surface area contributed by atoms with E-state index in [1.165, 1.54) is 32.1 Å². The highest BCUT2D eigenvalue weighted by molar-refractivity contribution is 4.86. The molecule has 84 valence electrons.